The van der Waals surface area contributed by atoms with Crippen LogP contribution >= 0.6 is 0 Å². The third-order valence-corrected chi connectivity index (χ3v) is 5.11. The smallest absolute Gasteiger partial charge is 0.350 e. The summed E-state index contributed by atoms with van der Waals surface area (Å²) in [5.41, 5.74) is -3.86. The lowest BCUT2D eigenvalue weighted by Gasteiger charge is -2.29. The first-order chi connectivity index (χ1) is 15.9. The van der Waals surface area contributed by atoms with Gasteiger partial charge in [-0.3, -0.25) is 4.79 Å². The Morgan fingerprint density at radius 2 is 1.79 bits per heavy atom. The Balaban J connectivity index is 1.86. The highest BCUT2D eigenvalue weighted by Gasteiger charge is 2.42. The first-order valence-electron chi connectivity index (χ1n) is 9.60. The molecule has 1 heterocycles. The molecule has 0 aliphatic heterocycles. The second-order valence-corrected chi connectivity index (χ2v) is 7.32. The van der Waals surface area contributed by atoms with Gasteiger partial charge in [0.25, 0.3) is 0 Å². The molecule has 13 heteroatoms. The molecule has 0 radical (unpaired) electrons. The van der Waals surface area contributed by atoms with Crippen molar-refractivity contribution in [3.05, 3.63) is 76.5 Å². The highest BCUT2D eigenvalue weighted by atomic mass is 19.3. The molecule has 0 saturated carbocycles. The number of halogens is 6. The number of rotatable bonds is 9. The van der Waals surface area contributed by atoms with E-state index in [4.69, 9.17) is 0 Å². The van der Waals surface area contributed by atoms with Crippen molar-refractivity contribution in [3.8, 4) is 11.4 Å². The number of benzene rings is 2. The summed E-state index contributed by atoms with van der Waals surface area (Å²) in [4.78, 5) is 24.5. The molecule has 7 nitrogen and oxygen atoms in total. The predicted molar refractivity (Wildman–Crippen MR) is 105 cm³/mol. The number of aromatic nitrogens is 3. The Labute approximate surface area is 187 Å². The van der Waals surface area contributed by atoms with Gasteiger partial charge in [0.15, 0.2) is 18.5 Å². The second-order valence-electron chi connectivity index (χ2n) is 7.32. The van der Waals surface area contributed by atoms with Crippen LogP contribution in [0.2, 0.25) is 0 Å². The molecular weight excluding hydrogens is 472 g/mol. The molecule has 0 aliphatic carbocycles. The van der Waals surface area contributed by atoms with Gasteiger partial charge in [0.2, 0.25) is 0 Å². The van der Waals surface area contributed by atoms with Crippen LogP contribution in [0.3, 0.4) is 0 Å². The Bertz CT molecular complexity index is 1230. The molecule has 34 heavy (non-hydrogen) atoms. The number of carbonyl (C=O) groups excluding carboxylic acids is 1. The monoisotopic (exact) mass is 489 g/mol. The predicted octanol–water partition coefficient (Wildman–Crippen LogP) is 3.24. The Morgan fingerprint density at radius 1 is 1.15 bits per heavy atom. The first kappa shape index (κ1) is 25.0. The van der Waals surface area contributed by atoms with Crippen molar-refractivity contribution in [2.45, 2.75) is 30.9 Å². The minimum atomic E-state index is -4.34. The molecule has 2 atom stereocenters. The normalized spacial score (nSPS) is 14.6. The minimum absolute atomic E-state index is 0.000748. The summed E-state index contributed by atoms with van der Waals surface area (Å²) >= 11 is 0. The van der Waals surface area contributed by atoms with Crippen LogP contribution in [0.1, 0.15) is 18.5 Å². The van der Waals surface area contributed by atoms with Gasteiger partial charge in [0, 0.05) is 11.6 Å². The maximum Gasteiger partial charge on any atom is 0.350 e. The van der Waals surface area contributed by atoms with Crippen molar-refractivity contribution in [2.75, 3.05) is 6.61 Å². The number of aldehydes is 1. The number of hydrogen-bond acceptors (Lipinski definition) is 5. The van der Waals surface area contributed by atoms with E-state index in [9.17, 15) is 41.0 Å². The quantitative estimate of drug-likeness (QED) is 0.369. The third-order valence-electron chi connectivity index (χ3n) is 5.11. The van der Waals surface area contributed by atoms with Crippen molar-refractivity contribution in [1.29, 1.82) is 0 Å². The van der Waals surface area contributed by atoms with E-state index in [0.717, 1.165) is 35.2 Å². The van der Waals surface area contributed by atoms with E-state index < -0.39 is 53.5 Å². The maximum atomic E-state index is 14.2. The van der Waals surface area contributed by atoms with Gasteiger partial charge >= 0.3 is 18.0 Å². The number of carbonyl (C=O) groups is 1. The Kier molecular flexibility index (Phi) is 6.87. The third kappa shape index (κ3) is 4.69. The summed E-state index contributed by atoms with van der Waals surface area (Å²) in [7, 11) is 0. The lowest BCUT2D eigenvalue weighted by atomic mass is 9.88. The van der Waals surface area contributed by atoms with Gasteiger partial charge in [-0.25, -0.2) is 31.6 Å². The van der Waals surface area contributed by atoms with Gasteiger partial charge in [-0.2, -0.15) is 13.9 Å². The zero-order valence-electron chi connectivity index (χ0n) is 17.3. The molecular formula is C21H17F6N3O4. The number of alkyl halides is 4. The van der Waals surface area contributed by atoms with Crippen molar-refractivity contribution in [2.24, 2.45) is 0 Å². The topological polar surface area (TPSA) is 86.3 Å². The second kappa shape index (κ2) is 9.33. The fraction of sp³-hybridized carbons (Fsp3) is 0.286. The van der Waals surface area contributed by atoms with E-state index in [1.165, 1.54) is 19.1 Å². The van der Waals surface area contributed by atoms with Crippen molar-refractivity contribution in [3.63, 3.8) is 0 Å². The molecule has 182 valence electrons. The number of aliphatic hydroxyl groups is 1. The Morgan fingerprint density at radius 3 is 2.35 bits per heavy atom. The summed E-state index contributed by atoms with van der Waals surface area (Å²) in [6.45, 7) is -0.334. The Hall–Kier alpha value is -3.61. The number of nitrogens with zero attached hydrogens (tertiary/aromatic N) is 3. The van der Waals surface area contributed by atoms with Crippen LogP contribution in [0.4, 0.5) is 26.3 Å². The zero-order chi connectivity index (χ0) is 25.3. The number of ether oxygens (including phenoxy) is 1. The zero-order valence-corrected chi connectivity index (χ0v) is 17.3. The fourth-order valence-electron chi connectivity index (χ4n) is 3.09. The maximum absolute atomic E-state index is 14.2. The largest absolute Gasteiger partial charge is 0.487 e. The van der Waals surface area contributed by atoms with Crippen molar-refractivity contribution >= 4 is 6.29 Å². The summed E-state index contributed by atoms with van der Waals surface area (Å²) in [5, 5.41) is 14.6. The van der Waals surface area contributed by atoms with Gasteiger partial charge in [-0.1, -0.05) is 0 Å². The van der Waals surface area contributed by atoms with Crippen molar-refractivity contribution < 1.29 is 41.0 Å². The van der Waals surface area contributed by atoms with Crippen LogP contribution in [0.15, 0.2) is 53.6 Å². The molecule has 0 amide bonds. The van der Waals surface area contributed by atoms with Crippen LogP contribution in [0, 0.1) is 11.6 Å². The van der Waals surface area contributed by atoms with E-state index in [0.29, 0.717) is 10.7 Å². The molecule has 3 rings (SSSR count). The SMILES string of the molecule is C[C@@H](n1ncn(-c2ccc(OCC(F)(F)C(F)F)cc2)c1=O)[C@](O)(C=O)c1ccc(F)cc1F. The number of hydrogen-bond donors (Lipinski definition) is 1. The van der Waals surface area contributed by atoms with Gasteiger partial charge < -0.3 is 9.84 Å². The standard InChI is InChI=1S/C21H17F6N3O4/c1-12(20(33,9-31)16-7-2-13(22)8-17(16)23)30-19(32)29(11-28-30)14-3-5-15(6-4-14)34-10-21(26,27)18(24)25/h2-9,11-12,18,33H,10H2,1H3/t12-,20-/m1/s1. The van der Waals surface area contributed by atoms with Crippen LogP contribution in [-0.2, 0) is 10.4 Å². The summed E-state index contributed by atoms with van der Waals surface area (Å²) < 4.78 is 84.2. The molecule has 1 aromatic heterocycles. The molecule has 1 N–H and O–H groups in total. The lowest BCUT2D eigenvalue weighted by molar-refractivity contribution is -0.148. The molecule has 0 fully saturated rings. The van der Waals surface area contributed by atoms with Crippen molar-refractivity contribution in [1.82, 2.24) is 14.3 Å². The van der Waals surface area contributed by atoms with Crippen LogP contribution < -0.4 is 10.4 Å². The molecule has 0 bridgehead atoms. The van der Waals surface area contributed by atoms with Gasteiger partial charge in [0.1, 0.15) is 23.7 Å². The van der Waals surface area contributed by atoms with Gasteiger partial charge in [-0.05, 0) is 43.3 Å². The highest BCUT2D eigenvalue weighted by Crippen LogP contribution is 2.32. The average Bonchev–Trinajstić information content (AvgIpc) is 3.18. The average molecular weight is 489 g/mol. The van der Waals surface area contributed by atoms with E-state index in [-0.39, 0.29) is 17.7 Å². The lowest BCUT2D eigenvalue weighted by Crippen LogP contribution is -2.42. The van der Waals surface area contributed by atoms with Crippen LogP contribution in [0.5, 0.6) is 5.75 Å². The van der Waals surface area contributed by atoms with Crippen LogP contribution in [-0.4, -0.2) is 44.7 Å². The molecule has 0 spiro atoms. The molecule has 2 aromatic carbocycles. The van der Waals surface area contributed by atoms with E-state index in [1.54, 1.807) is 0 Å². The fourth-order valence-corrected chi connectivity index (χ4v) is 3.09. The molecule has 0 unspecified atom stereocenters. The summed E-state index contributed by atoms with van der Waals surface area (Å²) in [6, 6.07) is 5.55. The van der Waals surface area contributed by atoms with Crippen LogP contribution in [0.25, 0.3) is 5.69 Å². The summed E-state index contributed by atoms with van der Waals surface area (Å²) in [5.74, 6) is -6.65. The highest BCUT2D eigenvalue weighted by molar-refractivity contribution is 5.67. The minimum Gasteiger partial charge on any atom is -0.487 e. The van der Waals surface area contributed by atoms with Gasteiger partial charge in [0.05, 0.1) is 11.7 Å². The van der Waals surface area contributed by atoms with E-state index in [2.05, 4.69) is 9.84 Å². The first-order valence-corrected chi connectivity index (χ1v) is 9.60. The molecule has 0 aliphatic rings. The summed E-state index contributed by atoms with van der Waals surface area (Å²) in [6.07, 6.45) is -2.88. The molecule has 0 saturated heterocycles. The van der Waals surface area contributed by atoms with Gasteiger partial charge in [-0.15, -0.1) is 0 Å². The molecule has 3 aromatic rings. The van der Waals surface area contributed by atoms with E-state index in [1.807, 2.05) is 0 Å². The van der Waals surface area contributed by atoms with E-state index >= 15 is 0 Å².